The molecule has 1 atom stereocenters. The lowest BCUT2D eigenvalue weighted by atomic mass is 10.1. The Morgan fingerprint density at radius 2 is 2.19 bits per heavy atom. The fraction of sp³-hybridized carbons (Fsp3) is 0.364. The van der Waals surface area contributed by atoms with E-state index in [-0.39, 0.29) is 6.42 Å². The first kappa shape index (κ1) is 12.4. The molecule has 0 amide bonds. The zero-order valence-electron chi connectivity index (χ0n) is 9.20. The molecule has 4 nitrogen and oxygen atoms in total. The van der Waals surface area contributed by atoms with Crippen molar-refractivity contribution in [2.24, 2.45) is 5.73 Å². The number of halogens is 1. The summed E-state index contributed by atoms with van der Waals surface area (Å²) in [4.78, 5) is 11.1. The molecule has 0 unspecified atom stereocenters. The van der Waals surface area contributed by atoms with E-state index in [4.69, 9.17) is 10.5 Å². The molecule has 1 aromatic rings. The standard InChI is InChI=1S/C11H14FNO3/c1-15-10-4-3-8(12)5-7(10)6-9(13)11(14)16-2/h3-5,9H,6,13H2,1-2H3/t9-/m0/s1. The van der Waals surface area contributed by atoms with Gasteiger partial charge in [0.25, 0.3) is 0 Å². The molecule has 0 aliphatic carbocycles. The number of nitrogens with two attached hydrogens (primary N) is 1. The third-order valence-electron chi connectivity index (χ3n) is 2.19. The van der Waals surface area contributed by atoms with Gasteiger partial charge in [0.15, 0.2) is 0 Å². The van der Waals surface area contributed by atoms with E-state index in [1.54, 1.807) is 0 Å². The SMILES string of the molecule is COC(=O)[C@@H](N)Cc1cc(F)ccc1OC. The highest BCUT2D eigenvalue weighted by Crippen LogP contribution is 2.20. The molecule has 0 heterocycles. The van der Waals surface area contributed by atoms with Crippen LogP contribution < -0.4 is 10.5 Å². The topological polar surface area (TPSA) is 61.5 Å². The average Bonchev–Trinajstić information content (AvgIpc) is 2.28. The summed E-state index contributed by atoms with van der Waals surface area (Å²) in [5, 5.41) is 0. The van der Waals surface area contributed by atoms with Crippen molar-refractivity contribution in [3.8, 4) is 5.75 Å². The minimum Gasteiger partial charge on any atom is -0.496 e. The van der Waals surface area contributed by atoms with Crippen LogP contribution in [0.25, 0.3) is 0 Å². The summed E-state index contributed by atoms with van der Waals surface area (Å²) in [7, 11) is 2.73. The van der Waals surface area contributed by atoms with Crippen LogP contribution in [0, 0.1) is 5.82 Å². The molecule has 1 rings (SSSR count). The monoisotopic (exact) mass is 227 g/mol. The van der Waals surface area contributed by atoms with Crippen LogP contribution >= 0.6 is 0 Å². The molecule has 88 valence electrons. The molecule has 0 aromatic heterocycles. The van der Waals surface area contributed by atoms with Crippen LogP contribution in [0.5, 0.6) is 5.75 Å². The highest BCUT2D eigenvalue weighted by molar-refractivity contribution is 5.75. The molecule has 0 bridgehead atoms. The number of methoxy groups -OCH3 is 2. The summed E-state index contributed by atoms with van der Waals surface area (Å²) in [5.41, 5.74) is 6.12. The molecule has 1 aromatic carbocycles. The largest absolute Gasteiger partial charge is 0.496 e. The lowest BCUT2D eigenvalue weighted by molar-refractivity contribution is -0.142. The third-order valence-corrected chi connectivity index (χ3v) is 2.19. The van der Waals surface area contributed by atoms with E-state index in [0.29, 0.717) is 11.3 Å². The Kier molecular flexibility index (Phi) is 4.25. The first-order valence-electron chi connectivity index (χ1n) is 4.74. The molecule has 2 N–H and O–H groups in total. The van der Waals surface area contributed by atoms with Crippen LogP contribution in [-0.4, -0.2) is 26.2 Å². The lowest BCUT2D eigenvalue weighted by Crippen LogP contribution is -2.33. The Balaban J connectivity index is 2.86. The van der Waals surface area contributed by atoms with E-state index in [1.807, 2.05) is 0 Å². The average molecular weight is 227 g/mol. The van der Waals surface area contributed by atoms with Crippen LogP contribution in [0.1, 0.15) is 5.56 Å². The van der Waals surface area contributed by atoms with Crippen molar-refractivity contribution in [1.82, 2.24) is 0 Å². The second-order valence-corrected chi connectivity index (χ2v) is 3.29. The Hall–Kier alpha value is -1.62. The van der Waals surface area contributed by atoms with E-state index in [0.717, 1.165) is 0 Å². The van der Waals surface area contributed by atoms with Gasteiger partial charge in [0, 0.05) is 6.42 Å². The zero-order chi connectivity index (χ0) is 12.1. The van der Waals surface area contributed by atoms with Gasteiger partial charge >= 0.3 is 5.97 Å². The van der Waals surface area contributed by atoms with Crippen molar-refractivity contribution in [2.45, 2.75) is 12.5 Å². The van der Waals surface area contributed by atoms with Crippen molar-refractivity contribution >= 4 is 5.97 Å². The Labute approximate surface area is 93.2 Å². The van der Waals surface area contributed by atoms with E-state index in [9.17, 15) is 9.18 Å². The molecule has 0 spiro atoms. The molecule has 16 heavy (non-hydrogen) atoms. The van der Waals surface area contributed by atoms with Gasteiger partial charge in [0.1, 0.15) is 17.6 Å². The maximum Gasteiger partial charge on any atom is 0.322 e. The predicted molar refractivity (Wildman–Crippen MR) is 56.6 cm³/mol. The van der Waals surface area contributed by atoms with Crippen LogP contribution in [0.4, 0.5) is 4.39 Å². The molecular weight excluding hydrogens is 213 g/mol. The highest BCUT2D eigenvalue weighted by atomic mass is 19.1. The van der Waals surface area contributed by atoms with Crippen molar-refractivity contribution in [1.29, 1.82) is 0 Å². The quantitative estimate of drug-likeness (QED) is 0.775. The summed E-state index contributed by atoms with van der Waals surface area (Å²) < 4.78 is 22.5. The minimum absolute atomic E-state index is 0.174. The Bertz CT molecular complexity index is 381. The molecular formula is C11H14FNO3. The van der Waals surface area contributed by atoms with Crippen LogP contribution in [0.15, 0.2) is 18.2 Å². The van der Waals surface area contributed by atoms with Gasteiger partial charge < -0.3 is 15.2 Å². The van der Waals surface area contributed by atoms with Gasteiger partial charge in [-0.1, -0.05) is 0 Å². The first-order valence-corrected chi connectivity index (χ1v) is 4.74. The maximum atomic E-state index is 13.0. The van der Waals surface area contributed by atoms with E-state index in [2.05, 4.69) is 4.74 Å². The number of rotatable bonds is 4. The number of hydrogen-bond acceptors (Lipinski definition) is 4. The fourth-order valence-electron chi connectivity index (χ4n) is 1.38. The normalized spacial score (nSPS) is 12.0. The second-order valence-electron chi connectivity index (χ2n) is 3.29. The minimum atomic E-state index is -0.819. The van der Waals surface area contributed by atoms with Gasteiger partial charge in [-0.2, -0.15) is 0 Å². The summed E-state index contributed by atoms with van der Waals surface area (Å²) in [5.74, 6) is -0.431. The van der Waals surface area contributed by atoms with E-state index >= 15 is 0 Å². The van der Waals surface area contributed by atoms with Gasteiger partial charge in [0.05, 0.1) is 14.2 Å². The molecule has 0 fully saturated rings. The Morgan fingerprint density at radius 3 is 2.75 bits per heavy atom. The lowest BCUT2D eigenvalue weighted by Gasteiger charge is -2.12. The summed E-state index contributed by atoms with van der Waals surface area (Å²) in [6.07, 6.45) is 0.174. The smallest absolute Gasteiger partial charge is 0.322 e. The van der Waals surface area contributed by atoms with Crippen molar-refractivity contribution < 1.29 is 18.7 Å². The van der Waals surface area contributed by atoms with Crippen molar-refractivity contribution in [3.05, 3.63) is 29.6 Å². The molecule has 0 saturated carbocycles. The van der Waals surface area contributed by atoms with E-state index in [1.165, 1.54) is 32.4 Å². The summed E-state index contributed by atoms with van der Waals surface area (Å²) in [6.45, 7) is 0. The number of carbonyl (C=O) groups is 1. The Morgan fingerprint density at radius 1 is 1.50 bits per heavy atom. The number of carbonyl (C=O) groups excluding carboxylic acids is 1. The highest BCUT2D eigenvalue weighted by Gasteiger charge is 2.17. The van der Waals surface area contributed by atoms with Gasteiger partial charge in [0.2, 0.25) is 0 Å². The number of benzene rings is 1. The fourth-order valence-corrected chi connectivity index (χ4v) is 1.38. The van der Waals surface area contributed by atoms with Gasteiger partial charge in [-0.3, -0.25) is 4.79 Å². The zero-order valence-corrected chi connectivity index (χ0v) is 9.20. The third kappa shape index (κ3) is 2.93. The molecule has 0 aliphatic rings. The number of ether oxygens (including phenoxy) is 2. The van der Waals surface area contributed by atoms with Gasteiger partial charge in [-0.25, -0.2) is 4.39 Å². The van der Waals surface area contributed by atoms with Crippen LogP contribution in [0.2, 0.25) is 0 Å². The van der Waals surface area contributed by atoms with Crippen molar-refractivity contribution in [2.75, 3.05) is 14.2 Å². The van der Waals surface area contributed by atoms with Crippen LogP contribution in [0.3, 0.4) is 0 Å². The predicted octanol–water partition coefficient (Wildman–Crippen LogP) is 0.877. The van der Waals surface area contributed by atoms with E-state index < -0.39 is 17.8 Å². The number of esters is 1. The second kappa shape index (κ2) is 5.46. The van der Waals surface area contributed by atoms with Crippen LogP contribution in [-0.2, 0) is 16.0 Å². The molecule has 0 radical (unpaired) electrons. The maximum absolute atomic E-state index is 13.0. The summed E-state index contributed by atoms with van der Waals surface area (Å²) >= 11 is 0. The van der Waals surface area contributed by atoms with Gasteiger partial charge in [-0.15, -0.1) is 0 Å². The first-order chi connectivity index (χ1) is 7.58. The molecule has 0 saturated heterocycles. The van der Waals surface area contributed by atoms with Gasteiger partial charge in [-0.05, 0) is 23.8 Å². The summed E-state index contributed by atoms with van der Waals surface area (Å²) in [6, 6.07) is 3.25. The number of hydrogen-bond donors (Lipinski definition) is 1. The molecule has 5 heteroatoms. The van der Waals surface area contributed by atoms with Crippen molar-refractivity contribution in [3.63, 3.8) is 0 Å². The molecule has 0 aliphatic heterocycles.